The van der Waals surface area contributed by atoms with E-state index in [1.165, 1.54) is 6.07 Å². The second-order valence-corrected chi connectivity index (χ2v) is 4.29. The Morgan fingerprint density at radius 1 is 1.44 bits per heavy atom. The van der Waals surface area contributed by atoms with E-state index in [0.29, 0.717) is 12.4 Å². The van der Waals surface area contributed by atoms with Gasteiger partial charge in [-0.05, 0) is 18.9 Å². The van der Waals surface area contributed by atoms with Gasteiger partial charge in [-0.15, -0.1) is 0 Å². The first kappa shape index (κ1) is 9.59. The summed E-state index contributed by atoms with van der Waals surface area (Å²) in [6, 6.07) is 4.90. The predicted molar refractivity (Wildman–Crippen MR) is 57.5 cm³/mol. The molecule has 1 N–H and O–H groups in total. The van der Waals surface area contributed by atoms with Crippen molar-refractivity contribution in [2.45, 2.75) is 18.4 Å². The van der Waals surface area contributed by atoms with Crippen LogP contribution in [0.5, 0.6) is 5.75 Å². The summed E-state index contributed by atoms with van der Waals surface area (Å²) in [6.45, 7) is 1.36. The first-order valence-corrected chi connectivity index (χ1v) is 5.38. The summed E-state index contributed by atoms with van der Waals surface area (Å²) in [5.41, 5.74) is 1.19. The van der Waals surface area contributed by atoms with Crippen molar-refractivity contribution in [2.24, 2.45) is 0 Å². The fourth-order valence-electron chi connectivity index (χ4n) is 2.26. The lowest BCUT2D eigenvalue weighted by atomic mass is 10.0. The van der Waals surface area contributed by atoms with E-state index >= 15 is 0 Å². The van der Waals surface area contributed by atoms with E-state index in [0.717, 1.165) is 24.9 Å². The largest absolute Gasteiger partial charge is 0.492 e. The summed E-state index contributed by atoms with van der Waals surface area (Å²) >= 11 is 0. The molecule has 1 spiro atoms. The second kappa shape index (κ2) is 3.18. The van der Waals surface area contributed by atoms with E-state index in [2.05, 4.69) is 5.32 Å². The SMILES string of the molecule is O=[N+]([O-])c1ccc2c(c1)OCCNC21CC1. The number of hydrogen-bond acceptors (Lipinski definition) is 4. The van der Waals surface area contributed by atoms with Crippen LogP contribution < -0.4 is 10.1 Å². The van der Waals surface area contributed by atoms with Crippen molar-refractivity contribution in [1.82, 2.24) is 5.32 Å². The van der Waals surface area contributed by atoms with Crippen LogP contribution in [0, 0.1) is 10.1 Å². The molecular weight excluding hydrogens is 208 g/mol. The Morgan fingerprint density at radius 3 is 2.94 bits per heavy atom. The third kappa shape index (κ3) is 1.36. The molecule has 5 heteroatoms. The van der Waals surface area contributed by atoms with Crippen LogP contribution in [-0.4, -0.2) is 18.1 Å². The number of nitro benzene ring substituents is 1. The minimum atomic E-state index is -0.387. The number of nitrogens with zero attached hydrogens (tertiary/aromatic N) is 1. The molecule has 2 aliphatic rings. The van der Waals surface area contributed by atoms with Gasteiger partial charge in [-0.3, -0.25) is 10.1 Å². The molecule has 1 aromatic rings. The lowest BCUT2D eigenvalue weighted by Gasteiger charge is -2.15. The van der Waals surface area contributed by atoms with Crippen molar-refractivity contribution >= 4 is 5.69 Å². The summed E-state index contributed by atoms with van der Waals surface area (Å²) in [5, 5.41) is 14.1. The average Bonchev–Trinajstić information content (AvgIpc) is 3.07. The van der Waals surface area contributed by atoms with Crippen LogP contribution in [0.2, 0.25) is 0 Å². The van der Waals surface area contributed by atoms with E-state index in [1.807, 2.05) is 6.07 Å². The van der Waals surface area contributed by atoms with Crippen LogP contribution in [0.4, 0.5) is 5.69 Å². The molecule has 0 atom stereocenters. The molecule has 1 aliphatic carbocycles. The Kier molecular flexibility index (Phi) is 1.91. The van der Waals surface area contributed by atoms with Crippen molar-refractivity contribution in [3.05, 3.63) is 33.9 Å². The van der Waals surface area contributed by atoms with E-state index in [1.54, 1.807) is 6.07 Å². The van der Waals surface area contributed by atoms with Gasteiger partial charge in [0.2, 0.25) is 0 Å². The lowest BCUT2D eigenvalue weighted by Crippen LogP contribution is -2.29. The topological polar surface area (TPSA) is 64.4 Å². The fraction of sp³-hybridized carbons (Fsp3) is 0.455. The monoisotopic (exact) mass is 220 g/mol. The van der Waals surface area contributed by atoms with Gasteiger partial charge in [-0.2, -0.15) is 0 Å². The molecule has 1 saturated carbocycles. The highest BCUT2D eigenvalue weighted by Crippen LogP contribution is 2.50. The van der Waals surface area contributed by atoms with E-state index < -0.39 is 0 Å². The number of ether oxygens (including phenoxy) is 1. The first-order chi connectivity index (χ1) is 7.71. The normalized spacial score (nSPS) is 20.8. The molecule has 1 fully saturated rings. The Bertz CT molecular complexity index is 455. The van der Waals surface area contributed by atoms with Crippen LogP contribution >= 0.6 is 0 Å². The highest BCUT2D eigenvalue weighted by molar-refractivity contribution is 5.50. The van der Waals surface area contributed by atoms with Gasteiger partial charge in [0.25, 0.3) is 5.69 Å². The van der Waals surface area contributed by atoms with Gasteiger partial charge in [0.1, 0.15) is 12.4 Å². The van der Waals surface area contributed by atoms with Gasteiger partial charge in [-0.1, -0.05) is 0 Å². The van der Waals surface area contributed by atoms with Crippen molar-refractivity contribution in [1.29, 1.82) is 0 Å². The minimum Gasteiger partial charge on any atom is -0.492 e. The molecular formula is C11H12N2O3. The zero-order chi connectivity index (χ0) is 11.2. The number of nitro groups is 1. The Morgan fingerprint density at radius 2 is 2.25 bits per heavy atom. The Hall–Kier alpha value is -1.62. The number of non-ortho nitro benzene ring substituents is 1. The van der Waals surface area contributed by atoms with Gasteiger partial charge in [0, 0.05) is 23.7 Å². The van der Waals surface area contributed by atoms with Crippen LogP contribution in [0.1, 0.15) is 18.4 Å². The maximum absolute atomic E-state index is 10.7. The molecule has 5 nitrogen and oxygen atoms in total. The summed E-state index contributed by atoms with van der Waals surface area (Å²) < 4.78 is 5.55. The fourth-order valence-corrected chi connectivity index (χ4v) is 2.26. The summed E-state index contributed by atoms with van der Waals surface area (Å²) in [5.74, 6) is 0.664. The molecule has 0 radical (unpaired) electrons. The molecule has 1 heterocycles. The van der Waals surface area contributed by atoms with Crippen LogP contribution in [0.15, 0.2) is 18.2 Å². The number of nitrogens with one attached hydrogen (secondary N) is 1. The third-order valence-electron chi connectivity index (χ3n) is 3.26. The van der Waals surface area contributed by atoms with Crippen molar-refractivity contribution in [2.75, 3.05) is 13.2 Å². The molecule has 3 rings (SSSR count). The Balaban J connectivity index is 2.08. The molecule has 1 aliphatic heterocycles. The van der Waals surface area contributed by atoms with Crippen LogP contribution in [0.3, 0.4) is 0 Å². The van der Waals surface area contributed by atoms with Gasteiger partial charge < -0.3 is 10.1 Å². The molecule has 0 amide bonds. The molecule has 0 saturated heterocycles. The smallest absolute Gasteiger partial charge is 0.273 e. The van der Waals surface area contributed by atoms with Crippen LogP contribution in [-0.2, 0) is 5.54 Å². The van der Waals surface area contributed by atoms with Gasteiger partial charge >= 0.3 is 0 Å². The third-order valence-corrected chi connectivity index (χ3v) is 3.26. The number of fused-ring (bicyclic) bond motifs is 2. The van der Waals surface area contributed by atoms with E-state index in [-0.39, 0.29) is 16.1 Å². The second-order valence-electron chi connectivity index (χ2n) is 4.29. The molecule has 1 aromatic carbocycles. The number of benzene rings is 1. The summed E-state index contributed by atoms with van der Waals surface area (Å²) in [6.07, 6.45) is 2.17. The lowest BCUT2D eigenvalue weighted by molar-refractivity contribution is -0.384. The Labute approximate surface area is 92.6 Å². The van der Waals surface area contributed by atoms with Gasteiger partial charge in [0.15, 0.2) is 0 Å². The van der Waals surface area contributed by atoms with Crippen molar-refractivity contribution < 1.29 is 9.66 Å². The summed E-state index contributed by atoms with van der Waals surface area (Å²) in [4.78, 5) is 10.3. The highest BCUT2D eigenvalue weighted by atomic mass is 16.6. The first-order valence-electron chi connectivity index (χ1n) is 5.38. The minimum absolute atomic E-state index is 0.0287. The van der Waals surface area contributed by atoms with Crippen LogP contribution in [0.25, 0.3) is 0 Å². The van der Waals surface area contributed by atoms with Crippen molar-refractivity contribution in [3.8, 4) is 5.75 Å². The number of hydrogen-bond donors (Lipinski definition) is 1. The molecule has 16 heavy (non-hydrogen) atoms. The average molecular weight is 220 g/mol. The molecule has 0 aromatic heterocycles. The predicted octanol–water partition coefficient (Wildman–Crippen LogP) is 1.57. The molecule has 0 unspecified atom stereocenters. The zero-order valence-electron chi connectivity index (χ0n) is 8.73. The van der Waals surface area contributed by atoms with E-state index in [9.17, 15) is 10.1 Å². The summed E-state index contributed by atoms with van der Waals surface area (Å²) in [7, 11) is 0. The van der Waals surface area contributed by atoms with Gasteiger partial charge in [-0.25, -0.2) is 0 Å². The molecule has 84 valence electrons. The maximum Gasteiger partial charge on any atom is 0.273 e. The van der Waals surface area contributed by atoms with Gasteiger partial charge in [0.05, 0.1) is 11.0 Å². The van der Waals surface area contributed by atoms with Crippen molar-refractivity contribution in [3.63, 3.8) is 0 Å². The standard InChI is InChI=1S/C11H12N2O3/c14-13(15)8-1-2-9-10(7-8)16-6-5-12-11(9)3-4-11/h1-2,7,12H,3-6H2. The molecule has 0 bridgehead atoms. The highest BCUT2D eigenvalue weighted by Gasteiger charge is 2.46. The van der Waals surface area contributed by atoms with E-state index in [4.69, 9.17) is 4.74 Å². The number of rotatable bonds is 1. The zero-order valence-corrected chi connectivity index (χ0v) is 8.73. The quantitative estimate of drug-likeness (QED) is 0.576. The maximum atomic E-state index is 10.7.